The molecule has 0 heterocycles. The summed E-state index contributed by atoms with van der Waals surface area (Å²) >= 11 is 0. The Hall–Kier alpha value is -3.87. The predicted molar refractivity (Wildman–Crippen MR) is 146 cm³/mol. The third-order valence-electron chi connectivity index (χ3n) is 5.37. The molecule has 3 amide bonds. The third-order valence-corrected chi connectivity index (χ3v) is 5.37. The fourth-order valence-electron chi connectivity index (χ4n) is 3.42. The Labute approximate surface area is 224 Å². The monoisotopic (exact) mass is 522 g/mol. The maximum absolute atomic E-state index is 12.8. The quantitative estimate of drug-likeness (QED) is 0.280. The lowest BCUT2D eigenvalue weighted by atomic mass is 9.93. The molecule has 2 aromatic carbocycles. The van der Waals surface area contributed by atoms with Crippen LogP contribution >= 0.6 is 0 Å². The van der Waals surface area contributed by atoms with E-state index in [-0.39, 0.29) is 0 Å². The summed E-state index contributed by atoms with van der Waals surface area (Å²) in [4.78, 5) is 37.2. The number of amides is 3. The predicted octanol–water partition coefficient (Wildman–Crippen LogP) is 2.71. The standard InChI is InChI=1S/C29H38N4O5/c1-28(2,3)38-27(36)33-29(4,5)24(25(30)34)32-26(35)23-15-13-21(14-16-23)8-7-20-9-11-22(12-10-20)19-31-17-18-37-6/h9-16,24,31H,17-19H2,1-6H3,(H2,30,34)(H,32,35)(H,33,36). The first-order chi connectivity index (χ1) is 17.8. The van der Waals surface area contributed by atoms with E-state index in [1.807, 2.05) is 24.3 Å². The first-order valence-electron chi connectivity index (χ1n) is 12.3. The third kappa shape index (κ3) is 10.2. The van der Waals surface area contributed by atoms with E-state index in [1.54, 1.807) is 66.0 Å². The lowest BCUT2D eigenvalue weighted by Gasteiger charge is -2.34. The molecule has 9 heteroatoms. The van der Waals surface area contributed by atoms with Gasteiger partial charge in [0.2, 0.25) is 5.91 Å². The van der Waals surface area contributed by atoms with Crippen molar-refractivity contribution >= 4 is 17.9 Å². The molecule has 2 aromatic rings. The normalized spacial score (nSPS) is 12.1. The Balaban J connectivity index is 2.01. The molecule has 0 bridgehead atoms. The van der Waals surface area contributed by atoms with Crippen molar-refractivity contribution in [1.29, 1.82) is 0 Å². The van der Waals surface area contributed by atoms with Gasteiger partial charge in [-0.25, -0.2) is 4.79 Å². The van der Waals surface area contributed by atoms with Crippen molar-refractivity contribution in [2.75, 3.05) is 20.3 Å². The van der Waals surface area contributed by atoms with Crippen LogP contribution in [0.5, 0.6) is 0 Å². The lowest BCUT2D eigenvalue weighted by Crippen LogP contribution is -2.64. The summed E-state index contributed by atoms with van der Waals surface area (Å²) in [7, 11) is 1.67. The molecular weight excluding hydrogens is 484 g/mol. The minimum absolute atomic E-state index is 0.320. The average molecular weight is 523 g/mol. The molecule has 0 aliphatic carbocycles. The number of hydrogen-bond donors (Lipinski definition) is 4. The lowest BCUT2D eigenvalue weighted by molar-refractivity contribution is -0.121. The molecule has 2 rings (SSSR count). The largest absolute Gasteiger partial charge is 0.444 e. The zero-order chi connectivity index (χ0) is 28.3. The van der Waals surface area contributed by atoms with Crippen molar-refractivity contribution in [2.45, 2.75) is 58.3 Å². The Bertz CT molecular complexity index is 1160. The topological polar surface area (TPSA) is 132 Å². The van der Waals surface area contributed by atoms with E-state index < -0.39 is 35.1 Å². The number of rotatable bonds is 10. The van der Waals surface area contributed by atoms with Gasteiger partial charge in [-0.3, -0.25) is 9.59 Å². The van der Waals surface area contributed by atoms with Gasteiger partial charge < -0.3 is 31.2 Å². The number of hydrogen-bond acceptors (Lipinski definition) is 6. The second-order valence-electron chi connectivity index (χ2n) is 10.4. The number of nitrogens with two attached hydrogens (primary N) is 1. The van der Waals surface area contributed by atoms with Gasteiger partial charge in [-0.1, -0.05) is 24.0 Å². The molecule has 1 atom stereocenters. The molecule has 0 aromatic heterocycles. The van der Waals surface area contributed by atoms with Gasteiger partial charge in [0, 0.05) is 36.9 Å². The Morgan fingerprint density at radius 1 is 0.921 bits per heavy atom. The smallest absolute Gasteiger partial charge is 0.408 e. The van der Waals surface area contributed by atoms with Gasteiger partial charge in [-0.2, -0.15) is 0 Å². The van der Waals surface area contributed by atoms with Gasteiger partial charge in [-0.15, -0.1) is 0 Å². The van der Waals surface area contributed by atoms with Gasteiger partial charge in [0.05, 0.1) is 12.1 Å². The van der Waals surface area contributed by atoms with Crippen LogP contribution in [0, 0.1) is 11.8 Å². The van der Waals surface area contributed by atoms with Crippen molar-refractivity contribution < 1.29 is 23.9 Å². The van der Waals surface area contributed by atoms with E-state index in [0.29, 0.717) is 12.2 Å². The first kappa shape index (κ1) is 30.4. The molecule has 0 saturated heterocycles. The molecule has 0 fully saturated rings. The van der Waals surface area contributed by atoms with Gasteiger partial charge in [0.1, 0.15) is 11.6 Å². The number of carbonyl (C=O) groups excluding carboxylic acids is 3. The molecule has 9 nitrogen and oxygen atoms in total. The van der Waals surface area contributed by atoms with Crippen molar-refractivity contribution in [3.05, 3.63) is 70.8 Å². The highest BCUT2D eigenvalue weighted by atomic mass is 16.6. The van der Waals surface area contributed by atoms with Crippen LogP contribution in [0.15, 0.2) is 48.5 Å². The first-order valence-corrected chi connectivity index (χ1v) is 12.3. The van der Waals surface area contributed by atoms with Crippen LogP contribution in [0.25, 0.3) is 0 Å². The number of primary amides is 1. The van der Waals surface area contributed by atoms with Crippen LogP contribution < -0.4 is 21.7 Å². The van der Waals surface area contributed by atoms with Gasteiger partial charge in [-0.05, 0) is 76.6 Å². The molecule has 204 valence electrons. The summed E-state index contributed by atoms with van der Waals surface area (Å²) < 4.78 is 10.3. The highest BCUT2D eigenvalue weighted by Crippen LogP contribution is 2.14. The number of methoxy groups -OCH3 is 1. The van der Waals surface area contributed by atoms with Crippen LogP contribution in [-0.4, -0.2) is 55.4 Å². The second kappa shape index (κ2) is 13.6. The fraction of sp³-hybridized carbons (Fsp3) is 0.414. The summed E-state index contributed by atoms with van der Waals surface area (Å²) in [5.74, 6) is 4.89. The van der Waals surface area contributed by atoms with Crippen molar-refractivity contribution in [3.63, 3.8) is 0 Å². The molecule has 0 aliphatic heterocycles. The van der Waals surface area contributed by atoms with Gasteiger partial charge in [0.15, 0.2) is 0 Å². The zero-order valence-electron chi connectivity index (χ0n) is 22.9. The van der Waals surface area contributed by atoms with E-state index in [1.165, 1.54) is 0 Å². The molecule has 0 radical (unpaired) electrons. The number of benzene rings is 2. The molecular formula is C29H38N4O5. The summed E-state index contributed by atoms with van der Waals surface area (Å²) in [6.07, 6.45) is -0.723. The fourth-order valence-corrected chi connectivity index (χ4v) is 3.42. The van der Waals surface area contributed by atoms with E-state index in [4.69, 9.17) is 15.2 Å². The van der Waals surface area contributed by atoms with Gasteiger partial charge >= 0.3 is 6.09 Å². The number of ether oxygens (including phenoxy) is 2. The highest BCUT2D eigenvalue weighted by molar-refractivity contribution is 5.98. The van der Waals surface area contributed by atoms with Crippen LogP contribution in [-0.2, 0) is 20.8 Å². The average Bonchev–Trinajstić information content (AvgIpc) is 2.83. The van der Waals surface area contributed by atoms with Crippen LogP contribution in [0.1, 0.15) is 61.7 Å². The molecule has 0 spiro atoms. The SMILES string of the molecule is COCCNCc1ccc(C#Cc2ccc(C(=O)NC(C(N)=O)C(C)(C)NC(=O)OC(C)(C)C)cc2)cc1. The van der Waals surface area contributed by atoms with Crippen molar-refractivity contribution in [1.82, 2.24) is 16.0 Å². The maximum Gasteiger partial charge on any atom is 0.408 e. The maximum atomic E-state index is 12.8. The van der Waals surface area contributed by atoms with Crippen LogP contribution in [0.4, 0.5) is 4.79 Å². The van der Waals surface area contributed by atoms with Crippen LogP contribution in [0.3, 0.4) is 0 Å². The summed E-state index contributed by atoms with van der Waals surface area (Å²) in [6, 6.07) is 13.4. The number of alkyl carbamates (subject to hydrolysis) is 1. The van der Waals surface area contributed by atoms with E-state index in [0.717, 1.165) is 29.8 Å². The number of carbonyl (C=O) groups is 3. The summed E-state index contributed by atoms with van der Waals surface area (Å²) in [5, 5.41) is 8.51. The second-order valence-corrected chi connectivity index (χ2v) is 10.4. The van der Waals surface area contributed by atoms with Crippen molar-refractivity contribution in [2.24, 2.45) is 5.73 Å². The Morgan fingerprint density at radius 3 is 1.97 bits per heavy atom. The summed E-state index contributed by atoms with van der Waals surface area (Å²) in [6.45, 7) is 10.5. The minimum Gasteiger partial charge on any atom is -0.444 e. The summed E-state index contributed by atoms with van der Waals surface area (Å²) in [5.41, 5.74) is 6.69. The number of nitrogens with one attached hydrogen (secondary N) is 3. The van der Waals surface area contributed by atoms with Gasteiger partial charge in [0.25, 0.3) is 5.91 Å². The molecule has 1 unspecified atom stereocenters. The molecule has 5 N–H and O–H groups in total. The van der Waals surface area contributed by atoms with Crippen molar-refractivity contribution in [3.8, 4) is 11.8 Å². The minimum atomic E-state index is -1.20. The molecule has 0 aliphatic rings. The van der Waals surface area contributed by atoms with E-state index in [9.17, 15) is 14.4 Å². The molecule has 38 heavy (non-hydrogen) atoms. The van der Waals surface area contributed by atoms with E-state index >= 15 is 0 Å². The van der Waals surface area contributed by atoms with E-state index in [2.05, 4.69) is 27.8 Å². The van der Waals surface area contributed by atoms with Crippen LogP contribution in [0.2, 0.25) is 0 Å². The Kier molecular flexibility index (Phi) is 10.9. The molecule has 0 saturated carbocycles. The Morgan fingerprint density at radius 2 is 1.47 bits per heavy atom. The zero-order valence-corrected chi connectivity index (χ0v) is 22.9. The highest BCUT2D eigenvalue weighted by Gasteiger charge is 2.37.